The summed E-state index contributed by atoms with van der Waals surface area (Å²) in [6.45, 7) is 0. The van der Waals surface area contributed by atoms with Crippen LogP contribution in [0, 0.1) is 11.3 Å². The van der Waals surface area contributed by atoms with Crippen LogP contribution in [-0.2, 0) is 0 Å². The molecule has 0 spiro atoms. The molecule has 0 aliphatic rings. The van der Waals surface area contributed by atoms with Gasteiger partial charge in [-0.25, -0.2) is 4.98 Å². The second-order valence-corrected chi connectivity index (χ2v) is 3.00. The van der Waals surface area contributed by atoms with Gasteiger partial charge in [-0.15, -0.1) is 0 Å². The number of rotatable bonds is 1. The molecule has 2 aromatic rings. The summed E-state index contributed by atoms with van der Waals surface area (Å²) in [7, 11) is 0. The highest BCUT2D eigenvalue weighted by Gasteiger charge is 2.03. The maximum Gasteiger partial charge on any atom is 0.141 e. The van der Waals surface area contributed by atoms with E-state index in [0.29, 0.717) is 5.56 Å². The van der Waals surface area contributed by atoms with Gasteiger partial charge in [0.25, 0.3) is 0 Å². The lowest BCUT2D eigenvalue weighted by atomic mass is 10.1. The Kier molecular flexibility index (Phi) is 2.30. The van der Waals surface area contributed by atoms with Crippen LogP contribution in [0.15, 0.2) is 36.8 Å². The molecule has 2 N–H and O–H groups in total. The predicted molar refractivity (Wildman–Crippen MR) is 56.6 cm³/mol. The fourth-order valence-electron chi connectivity index (χ4n) is 1.27. The normalized spacial score (nSPS) is 9.53. The summed E-state index contributed by atoms with van der Waals surface area (Å²) in [4.78, 5) is 7.88. The topological polar surface area (TPSA) is 75.6 Å². The summed E-state index contributed by atoms with van der Waals surface area (Å²) in [6.07, 6.45) is 5.03. The number of anilines is 1. The van der Waals surface area contributed by atoms with Gasteiger partial charge in [0, 0.05) is 24.2 Å². The first-order valence-electron chi connectivity index (χ1n) is 4.37. The second kappa shape index (κ2) is 3.76. The molecule has 4 nitrogen and oxygen atoms in total. The highest BCUT2D eigenvalue weighted by molar-refractivity contribution is 5.66. The Morgan fingerprint density at radius 1 is 1.20 bits per heavy atom. The molecule has 2 heterocycles. The first-order valence-corrected chi connectivity index (χ1v) is 4.37. The summed E-state index contributed by atoms with van der Waals surface area (Å²) >= 11 is 0. The summed E-state index contributed by atoms with van der Waals surface area (Å²) in [6, 6.07) is 7.43. The summed E-state index contributed by atoms with van der Waals surface area (Å²) in [5, 5.41) is 8.81. The zero-order valence-corrected chi connectivity index (χ0v) is 7.88. The van der Waals surface area contributed by atoms with Crippen molar-refractivity contribution < 1.29 is 0 Å². The molecule has 0 amide bonds. The van der Waals surface area contributed by atoms with E-state index >= 15 is 0 Å². The Morgan fingerprint density at radius 2 is 1.93 bits per heavy atom. The Morgan fingerprint density at radius 3 is 2.60 bits per heavy atom. The minimum absolute atomic E-state index is 0.260. The lowest BCUT2D eigenvalue weighted by Crippen LogP contribution is -1.94. The molecule has 0 saturated heterocycles. The van der Waals surface area contributed by atoms with Gasteiger partial charge in [0.2, 0.25) is 0 Å². The molecule has 0 aliphatic carbocycles. The molecule has 0 atom stereocenters. The monoisotopic (exact) mass is 196 g/mol. The van der Waals surface area contributed by atoms with Gasteiger partial charge in [0.1, 0.15) is 11.9 Å². The molecule has 0 unspecified atom stereocenters. The largest absolute Gasteiger partial charge is 0.383 e. The lowest BCUT2D eigenvalue weighted by Gasteiger charge is -2.02. The number of hydrogen-bond acceptors (Lipinski definition) is 4. The molecule has 0 saturated carbocycles. The minimum Gasteiger partial charge on any atom is -0.383 e. The van der Waals surface area contributed by atoms with Crippen LogP contribution in [0.1, 0.15) is 5.56 Å². The number of nitriles is 1. The minimum atomic E-state index is 0.260. The Labute approximate surface area is 87.0 Å². The third-order valence-corrected chi connectivity index (χ3v) is 2.05. The molecule has 2 aromatic heterocycles. The maximum absolute atomic E-state index is 8.81. The van der Waals surface area contributed by atoms with Crippen molar-refractivity contribution in [3.8, 4) is 17.2 Å². The average molecular weight is 196 g/mol. The van der Waals surface area contributed by atoms with Crippen molar-refractivity contribution in [2.45, 2.75) is 0 Å². The van der Waals surface area contributed by atoms with Crippen molar-refractivity contribution in [1.82, 2.24) is 9.97 Å². The highest BCUT2D eigenvalue weighted by atomic mass is 14.8. The standard InChI is InChI=1S/C11H8N4/c12-6-9-5-10(7-15-11(9)13)8-1-3-14-4-2-8/h1-5,7H,(H2,13,15). The van der Waals surface area contributed by atoms with E-state index < -0.39 is 0 Å². The van der Waals surface area contributed by atoms with Crippen LogP contribution in [0.3, 0.4) is 0 Å². The zero-order valence-electron chi connectivity index (χ0n) is 7.88. The molecule has 0 aromatic carbocycles. The van der Waals surface area contributed by atoms with E-state index in [1.807, 2.05) is 18.2 Å². The molecule has 0 bridgehead atoms. The van der Waals surface area contributed by atoms with Crippen molar-refractivity contribution in [2.24, 2.45) is 0 Å². The van der Waals surface area contributed by atoms with Gasteiger partial charge < -0.3 is 5.73 Å². The fourth-order valence-corrected chi connectivity index (χ4v) is 1.27. The number of nitrogens with two attached hydrogens (primary N) is 1. The van der Waals surface area contributed by atoms with Gasteiger partial charge in [0.05, 0.1) is 5.56 Å². The van der Waals surface area contributed by atoms with Gasteiger partial charge in [0.15, 0.2) is 0 Å². The van der Waals surface area contributed by atoms with E-state index in [1.165, 1.54) is 0 Å². The average Bonchev–Trinajstić information content (AvgIpc) is 2.31. The molecular formula is C11H8N4. The first-order chi connectivity index (χ1) is 7.31. The van der Waals surface area contributed by atoms with E-state index in [0.717, 1.165) is 11.1 Å². The van der Waals surface area contributed by atoms with Crippen molar-refractivity contribution in [2.75, 3.05) is 5.73 Å². The number of aromatic nitrogens is 2. The van der Waals surface area contributed by atoms with Crippen molar-refractivity contribution in [1.29, 1.82) is 5.26 Å². The Bertz CT molecular complexity index is 514. The summed E-state index contributed by atoms with van der Waals surface area (Å²) < 4.78 is 0. The third-order valence-electron chi connectivity index (χ3n) is 2.05. The van der Waals surface area contributed by atoms with Crippen LogP contribution < -0.4 is 5.73 Å². The number of nitrogen functional groups attached to an aromatic ring is 1. The molecule has 0 fully saturated rings. The molecule has 15 heavy (non-hydrogen) atoms. The van der Waals surface area contributed by atoms with E-state index in [1.54, 1.807) is 24.7 Å². The van der Waals surface area contributed by atoms with Crippen molar-refractivity contribution in [3.63, 3.8) is 0 Å². The van der Waals surface area contributed by atoms with Crippen molar-refractivity contribution >= 4 is 5.82 Å². The molecule has 0 radical (unpaired) electrons. The highest BCUT2D eigenvalue weighted by Crippen LogP contribution is 2.20. The van der Waals surface area contributed by atoms with Crippen LogP contribution in [0.25, 0.3) is 11.1 Å². The molecule has 2 rings (SSSR count). The molecule has 0 aliphatic heterocycles. The Hall–Kier alpha value is -2.41. The predicted octanol–water partition coefficient (Wildman–Crippen LogP) is 1.60. The van der Waals surface area contributed by atoms with E-state index in [9.17, 15) is 0 Å². The molecular weight excluding hydrogens is 188 g/mol. The fraction of sp³-hybridized carbons (Fsp3) is 0. The van der Waals surface area contributed by atoms with Gasteiger partial charge in [-0.1, -0.05) is 0 Å². The van der Waals surface area contributed by atoms with E-state index in [-0.39, 0.29) is 5.82 Å². The zero-order chi connectivity index (χ0) is 10.7. The smallest absolute Gasteiger partial charge is 0.141 e. The van der Waals surface area contributed by atoms with Crippen molar-refractivity contribution in [3.05, 3.63) is 42.4 Å². The second-order valence-electron chi connectivity index (χ2n) is 3.00. The van der Waals surface area contributed by atoms with Gasteiger partial charge >= 0.3 is 0 Å². The quantitative estimate of drug-likeness (QED) is 0.751. The first kappa shape index (κ1) is 9.16. The van der Waals surface area contributed by atoms with Gasteiger partial charge in [-0.2, -0.15) is 5.26 Å². The summed E-state index contributed by atoms with van der Waals surface area (Å²) in [5.74, 6) is 0.260. The van der Waals surface area contributed by atoms with E-state index in [2.05, 4.69) is 9.97 Å². The lowest BCUT2D eigenvalue weighted by molar-refractivity contribution is 1.29. The number of nitrogens with zero attached hydrogens (tertiary/aromatic N) is 3. The maximum atomic E-state index is 8.81. The van der Waals surface area contributed by atoms with Crippen LogP contribution in [0.2, 0.25) is 0 Å². The van der Waals surface area contributed by atoms with Crippen LogP contribution >= 0.6 is 0 Å². The van der Waals surface area contributed by atoms with Crippen LogP contribution in [0.5, 0.6) is 0 Å². The summed E-state index contributed by atoms with van der Waals surface area (Å²) in [5.41, 5.74) is 7.76. The van der Waals surface area contributed by atoms with Crippen LogP contribution in [-0.4, -0.2) is 9.97 Å². The van der Waals surface area contributed by atoms with Crippen LogP contribution in [0.4, 0.5) is 5.82 Å². The molecule has 72 valence electrons. The van der Waals surface area contributed by atoms with Gasteiger partial charge in [-0.05, 0) is 23.8 Å². The Balaban J connectivity index is 2.52. The number of hydrogen-bond donors (Lipinski definition) is 1. The SMILES string of the molecule is N#Cc1cc(-c2ccncc2)cnc1N. The molecule has 4 heteroatoms. The third kappa shape index (κ3) is 1.76. The van der Waals surface area contributed by atoms with E-state index in [4.69, 9.17) is 11.0 Å². The van der Waals surface area contributed by atoms with Gasteiger partial charge in [-0.3, -0.25) is 4.98 Å². The number of pyridine rings is 2.